The molecule has 2 aromatic rings. The summed E-state index contributed by atoms with van der Waals surface area (Å²) in [4.78, 5) is 12.5. The van der Waals surface area contributed by atoms with E-state index in [4.69, 9.17) is 5.73 Å². The van der Waals surface area contributed by atoms with Crippen LogP contribution in [0.25, 0.3) is 0 Å². The molecule has 3 saturated carbocycles. The third-order valence-corrected chi connectivity index (χ3v) is 13.2. The average molecular weight is 654 g/mol. The van der Waals surface area contributed by atoms with Gasteiger partial charge in [0.1, 0.15) is 0 Å². The minimum Gasteiger partial charge on any atom is -0.481 e. The summed E-state index contributed by atoms with van der Waals surface area (Å²) >= 11 is 0. The van der Waals surface area contributed by atoms with E-state index >= 15 is 0 Å². The highest BCUT2D eigenvalue weighted by Crippen LogP contribution is 2.58. The summed E-state index contributed by atoms with van der Waals surface area (Å²) in [6.45, 7) is 0.638. The number of carbonyl (C=O) groups is 1. The SMILES string of the molecule is NCC[C@H](CC[C@@H](CC=CCCC1CCCCC1)CCc1ccccc1)[C@H](CC(=O)O)C[C@@]1(c2ccccc2)CCCC2(CCCC2)C1. The third-order valence-electron chi connectivity index (χ3n) is 13.2. The van der Waals surface area contributed by atoms with Crippen LogP contribution < -0.4 is 5.73 Å². The van der Waals surface area contributed by atoms with Gasteiger partial charge in [-0.2, -0.15) is 0 Å². The number of benzene rings is 2. The van der Waals surface area contributed by atoms with Gasteiger partial charge in [0, 0.05) is 6.42 Å². The number of hydrogen-bond acceptors (Lipinski definition) is 2. The summed E-state index contributed by atoms with van der Waals surface area (Å²) in [7, 11) is 0. The maximum atomic E-state index is 12.5. The minimum absolute atomic E-state index is 0.0740. The van der Waals surface area contributed by atoms with Crippen LogP contribution in [0.5, 0.6) is 0 Å². The molecule has 1 spiro atoms. The number of rotatable bonds is 19. The van der Waals surface area contributed by atoms with Crippen molar-refractivity contribution in [3.05, 3.63) is 83.9 Å². The lowest BCUT2D eigenvalue weighted by molar-refractivity contribution is -0.139. The Morgan fingerprint density at radius 2 is 1.50 bits per heavy atom. The molecule has 5 rings (SSSR count). The number of aryl methyl sites for hydroxylation is 1. The number of hydrogen-bond donors (Lipinski definition) is 2. The van der Waals surface area contributed by atoms with E-state index in [0.29, 0.717) is 23.8 Å². The Hall–Kier alpha value is -2.39. The van der Waals surface area contributed by atoms with Gasteiger partial charge in [0.05, 0.1) is 0 Å². The van der Waals surface area contributed by atoms with Crippen LogP contribution in [0.15, 0.2) is 72.8 Å². The zero-order valence-electron chi connectivity index (χ0n) is 30.1. The van der Waals surface area contributed by atoms with Crippen molar-refractivity contribution >= 4 is 5.97 Å². The second-order valence-corrected chi connectivity index (χ2v) is 16.5. The fourth-order valence-electron chi connectivity index (χ4n) is 10.6. The van der Waals surface area contributed by atoms with Gasteiger partial charge in [0.25, 0.3) is 0 Å². The van der Waals surface area contributed by atoms with Crippen molar-refractivity contribution in [3.8, 4) is 0 Å². The molecule has 4 atom stereocenters. The monoisotopic (exact) mass is 654 g/mol. The molecule has 0 saturated heterocycles. The Morgan fingerprint density at radius 1 is 0.792 bits per heavy atom. The molecule has 3 nitrogen and oxygen atoms in total. The molecule has 0 amide bonds. The van der Waals surface area contributed by atoms with E-state index in [0.717, 1.165) is 44.4 Å². The average Bonchev–Trinajstić information content (AvgIpc) is 3.56. The summed E-state index contributed by atoms with van der Waals surface area (Å²) in [5, 5.41) is 10.3. The summed E-state index contributed by atoms with van der Waals surface area (Å²) in [6, 6.07) is 22.2. The molecule has 3 fully saturated rings. The van der Waals surface area contributed by atoms with E-state index in [-0.39, 0.29) is 17.8 Å². The zero-order valence-corrected chi connectivity index (χ0v) is 30.1. The van der Waals surface area contributed by atoms with Crippen LogP contribution in [0.2, 0.25) is 0 Å². The molecular weight excluding hydrogens is 587 g/mol. The molecule has 3 N–H and O–H groups in total. The number of allylic oxidation sites excluding steroid dienone is 2. The van der Waals surface area contributed by atoms with Crippen molar-refractivity contribution < 1.29 is 9.90 Å². The molecule has 0 aromatic heterocycles. The van der Waals surface area contributed by atoms with Gasteiger partial charge in [-0.05, 0) is 142 Å². The molecule has 2 aromatic carbocycles. The van der Waals surface area contributed by atoms with Crippen molar-refractivity contribution in [1.82, 2.24) is 0 Å². The topological polar surface area (TPSA) is 63.3 Å². The van der Waals surface area contributed by atoms with Gasteiger partial charge in [-0.1, -0.05) is 124 Å². The maximum absolute atomic E-state index is 12.5. The lowest BCUT2D eigenvalue weighted by Crippen LogP contribution is -2.41. The van der Waals surface area contributed by atoms with Gasteiger partial charge in [0.2, 0.25) is 0 Å². The van der Waals surface area contributed by atoms with Gasteiger partial charge in [-0.25, -0.2) is 0 Å². The van der Waals surface area contributed by atoms with Crippen LogP contribution in [0.1, 0.15) is 152 Å². The number of carboxylic acids is 1. The first-order valence-corrected chi connectivity index (χ1v) is 20.2. The predicted molar refractivity (Wildman–Crippen MR) is 202 cm³/mol. The largest absolute Gasteiger partial charge is 0.481 e. The third kappa shape index (κ3) is 11.1. The van der Waals surface area contributed by atoms with Crippen LogP contribution in [-0.2, 0) is 16.6 Å². The van der Waals surface area contributed by atoms with E-state index in [2.05, 4.69) is 72.8 Å². The summed E-state index contributed by atoms with van der Waals surface area (Å²) in [6.07, 6.45) is 33.0. The quantitative estimate of drug-likeness (QED) is 0.148. The summed E-state index contributed by atoms with van der Waals surface area (Å²) < 4.78 is 0. The molecule has 0 bridgehead atoms. The van der Waals surface area contributed by atoms with Crippen LogP contribution in [0.4, 0.5) is 0 Å². The van der Waals surface area contributed by atoms with Crippen molar-refractivity contribution in [2.24, 2.45) is 34.8 Å². The van der Waals surface area contributed by atoms with Crippen LogP contribution in [-0.4, -0.2) is 17.6 Å². The van der Waals surface area contributed by atoms with Crippen LogP contribution >= 0.6 is 0 Å². The van der Waals surface area contributed by atoms with Gasteiger partial charge < -0.3 is 10.8 Å². The number of carboxylic acid groups (broad SMARTS) is 1. The molecule has 0 aliphatic heterocycles. The van der Waals surface area contributed by atoms with E-state index in [1.54, 1.807) is 0 Å². The predicted octanol–water partition coefficient (Wildman–Crippen LogP) is 11.8. The van der Waals surface area contributed by atoms with Crippen LogP contribution in [0, 0.1) is 29.1 Å². The van der Waals surface area contributed by atoms with E-state index in [1.807, 2.05) is 0 Å². The Bertz CT molecular complexity index is 1210. The lowest BCUT2D eigenvalue weighted by atomic mass is 9.55. The van der Waals surface area contributed by atoms with Crippen molar-refractivity contribution in [2.45, 2.75) is 153 Å². The second kappa shape index (κ2) is 19.1. The van der Waals surface area contributed by atoms with Crippen molar-refractivity contribution in [3.63, 3.8) is 0 Å². The lowest BCUT2D eigenvalue weighted by Gasteiger charge is -2.49. The molecule has 3 aliphatic rings. The number of nitrogens with two attached hydrogens (primary N) is 1. The van der Waals surface area contributed by atoms with E-state index < -0.39 is 5.97 Å². The second-order valence-electron chi connectivity index (χ2n) is 16.5. The van der Waals surface area contributed by atoms with E-state index in [9.17, 15) is 9.90 Å². The van der Waals surface area contributed by atoms with Gasteiger partial charge >= 0.3 is 5.97 Å². The molecule has 0 unspecified atom stereocenters. The smallest absolute Gasteiger partial charge is 0.303 e. The van der Waals surface area contributed by atoms with Gasteiger partial charge in [0.15, 0.2) is 0 Å². The molecule has 0 radical (unpaired) electrons. The maximum Gasteiger partial charge on any atom is 0.303 e. The highest BCUT2D eigenvalue weighted by Gasteiger charge is 2.48. The standard InChI is InChI=1S/C45H67NO2/c46-33-28-40(27-26-39(25-24-38-19-8-3-9-20-38)21-10-2-7-18-37-16-5-1-6-17-37)41(34-43(47)48)35-45(42-22-11-4-12-23-42)32-15-31-44(36-45)29-13-14-30-44/h2-4,8-12,19-20,22-23,37,39-41H,1,5-7,13-18,21,24-36,46H2,(H,47,48)/t39-,40-,41+,45-/m0/s1. The normalized spacial score (nSPS) is 23.4. The highest BCUT2D eigenvalue weighted by molar-refractivity contribution is 5.67. The molecule has 264 valence electrons. The van der Waals surface area contributed by atoms with Gasteiger partial charge in [-0.3, -0.25) is 4.79 Å². The first-order chi connectivity index (χ1) is 23.5. The number of aliphatic carboxylic acids is 1. The molecule has 3 heteroatoms. The molecule has 3 aliphatic carbocycles. The van der Waals surface area contributed by atoms with Crippen molar-refractivity contribution in [1.29, 1.82) is 0 Å². The molecule has 48 heavy (non-hydrogen) atoms. The zero-order chi connectivity index (χ0) is 33.5. The minimum atomic E-state index is -0.641. The van der Waals surface area contributed by atoms with Gasteiger partial charge in [-0.15, -0.1) is 0 Å². The summed E-state index contributed by atoms with van der Waals surface area (Å²) in [5.41, 5.74) is 9.74. The first-order valence-electron chi connectivity index (χ1n) is 20.2. The molecule has 0 heterocycles. The van der Waals surface area contributed by atoms with E-state index in [1.165, 1.54) is 114 Å². The Kier molecular flexibility index (Phi) is 14.7. The fourth-order valence-corrected chi connectivity index (χ4v) is 10.6. The summed E-state index contributed by atoms with van der Waals surface area (Å²) in [5.74, 6) is 1.41. The Morgan fingerprint density at radius 3 is 2.21 bits per heavy atom. The Balaban J connectivity index is 1.29. The van der Waals surface area contributed by atoms with Crippen LogP contribution in [0.3, 0.4) is 0 Å². The molecular formula is C45H67NO2. The fraction of sp³-hybridized carbons (Fsp3) is 0.667. The Labute approximate surface area is 293 Å². The highest BCUT2D eigenvalue weighted by atomic mass is 16.4. The first kappa shape index (κ1) is 36.9. The van der Waals surface area contributed by atoms with Crippen molar-refractivity contribution in [2.75, 3.05) is 6.54 Å².